The van der Waals surface area contributed by atoms with Crippen LogP contribution in [0.4, 0.5) is 5.69 Å². The Morgan fingerprint density at radius 2 is 1.75 bits per heavy atom. The summed E-state index contributed by atoms with van der Waals surface area (Å²) in [6, 6.07) is 16.0. The van der Waals surface area contributed by atoms with Crippen LogP contribution in [0, 0.1) is 12.3 Å². The number of hydrogen-bond acceptors (Lipinski definition) is 4. The van der Waals surface area contributed by atoms with Crippen molar-refractivity contribution in [3.63, 3.8) is 0 Å². The van der Waals surface area contributed by atoms with Gasteiger partial charge in [-0.05, 0) is 61.3 Å². The van der Waals surface area contributed by atoms with Crippen LogP contribution in [0.2, 0.25) is 0 Å². The summed E-state index contributed by atoms with van der Waals surface area (Å²) in [4.78, 5) is 28.1. The van der Waals surface area contributed by atoms with Crippen molar-refractivity contribution in [3.05, 3.63) is 82.2 Å². The van der Waals surface area contributed by atoms with Gasteiger partial charge < -0.3 is 10.6 Å². The molecule has 2 N–H and O–H groups in total. The van der Waals surface area contributed by atoms with E-state index in [-0.39, 0.29) is 23.0 Å². The lowest BCUT2D eigenvalue weighted by atomic mass is 9.68. The topological polar surface area (TPSA) is 58.2 Å². The molecule has 4 rings (SSSR count). The van der Waals surface area contributed by atoms with E-state index in [2.05, 4.69) is 36.6 Å². The molecule has 1 aliphatic heterocycles. The molecule has 0 radical (unpaired) electrons. The number of benzene rings is 2. The zero-order valence-electron chi connectivity index (χ0n) is 19.3. The zero-order valence-corrected chi connectivity index (χ0v) is 20.2. The maximum atomic E-state index is 13.6. The van der Waals surface area contributed by atoms with Crippen LogP contribution in [0.1, 0.15) is 50.7 Å². The average molecular weight is 447 g/mol. The van der Waals surface area contributed by atoms with Crippen LogP contribution in [0.15, 0.2) is 76.0 Å². The van der Waals surface area contributed by atoms with E-state index in [9.17, 15) is 9.59 Å². The molecular formula is C27H30N2O2S. The minimum atomic E-state index is -0.380. The van der Waals surface area contributed by atoms with Gasteiger partial charge >= 0.3 is 0 Å². The molecule has 0 bridgehead atoms. The number of nitrogens with one attached hydrogen (secondary N) is 2. The smallest absolute Gasteiger partial charge is 0.254 e. The van der Waals surface area contributed by atoms with Crippen LogP contribution in [-0.4, -0.2) is 17.9 Å². The quantitative estimate of drug-likeness (QED) is 0.569. The van der Waals surface area contributed by atoms with Crippen LogP contribution < -0.4 is 10.6 Å². The van der Waals surface area contributed by atoms with Gasteiger partial charge in [0, 0.05) is 45.5 Å². The van der Waals surface area contributed by atoms with Crippen molar-refractivity contribution in [1.82, 2.24) is 5.32 Å². The number of carbonyl (C=O) groups excluding carboxylic acids is 2. The highest BCUT2D eigenvalue weighted by atomic mass is 32.2. The predicted molar refractivity (Wildman–Crippen MR) is 132 cm³/mol. The third kappa shape index (κ3) is 4.26. The first-order chi connectivity index (χ1) is 15.2. The van der Waals surface area contributed by atoms with Crippen molar-refractivity contribution < 1.29 is 9.59 Å². The summed E-state index contributed by atoms with van der Waals surface area (Å²) in [5, 5.41) is 6.52. The molecule has 0 saturated carbocycles. The molecule has 4 nitrogen and oxygen atoms in total. The Kier molecular flexibility index (Phi) is 6.04. The number of para-hydroxylation sites is 1. The van der Waals surface area contributed by atoms with E-state index in [1.165, 1.54) is 0 Å². The maximum Gasteiger partial charge on any atom is 0.254 e. The molecule has 1 amide bonds. The molecule has 1 atom stereocenters. The number of anilines is 1. The molecule has 0 spiro atoms. The second-order valence-electron chi connectivity index (χ2n) is 9.47. The molecular weight excluding hydrogens is 416 g/mol. The van der Waals surface area contributed by atoms with E-state index < -0.39 is 0 Å². The second kappa shape index (κ2) is 8.62. The number of allylic oxidation sites excluding steroid dienone is 3. The molecule has 32 heavy (non-hydrogen) atoms. The molecule has 2 aromatic rings. The first-order valence-electron chi connectivity index (χ1n) is 10.9. The molecule has 1 heterocycles. The van der Waals surface area contributed by atoms with Crippen LogP contribution >= 0.6 is 11.8 Å². The van der Waals surface area contributed by atoms with Crippen LogP contribution in [0.25, 0.3) is 0 Å². The van der Waals surface area contributed by atoms with Crippen molar-refractivity contribution in [2.45, 2.75) is 51.3 Å². The first-order valence-corrected chi connectivity index (χ1v) is 12.2. The number of ketones is 1. The lowest BCUT2D eigenvalue weighted by Crippen LogP contribution is -2.39. The van der Waals surface area contributed by atoms with Gasteiger partial charge in [-0.25, -0.2) is 0 Å². The minimum absolute atomic E-state index is 0.0998. The van der Waals surface area contributed by atoms with Gasteiger partial charge in [0.05, 0.1) is 0 Å². The number of carbonyl (C=O) groups is 2. The Hall–Kier alpha value is -2.79. The first kappa shape index (κ1) is 22.4. The molecule has 2 aliphatic rings. The van der Waals surface area contributed by atoms with Crippen LogP contribution in [0.3, 0.4) is 0 Å². The van der Waals surface area contributed by atoms with Crippen LogP contribution in [-0.2, 0) is 9.59 Å². The summed E-state index contributed by atoms with van der Waals surface area (Å²) in [6.45, 7) is 8.16. The Morgan fingerprint density at radius 3 is 2.41 bits per heavy atom. The van der Waals surface area contributed by atoms with E-state index in [1.807, 2.05) is 56.5 Å². The van der Waals surface area contributed by atoms with Gasteiger partial charge in [0.1, 0.15) is 0 Å². The van der Waals surface area contributed by atoms with Crippen molar-refractivity contribution in [2.24, 2.45) is 5.41 Å². The third-order valence-corrected chi connectivity index (χ3v) is 7.07. The monoisotopic (exact) mass is 446 g/mol. The Labute approximate surface area is 194 Å². The summed E-state index contributed by atoms with van der Waals surface area (Å²) >= 11 is 1.68. The molecule has 0 unspecified atom stereocenters. The largest absolute Gasteiger partial charge is 0.362 e. The average Bonchev–Trinajstić information content (AvgIpc) is 2.73. The fourth-order valence-corrected chi connectivity index (χ4v) is 5.18. The molecule has 166 valence electrons. The minimum Gasteiger partial charge on any atom is -0.362 e. The highest BCUT2D eigenvalue weighted by Crippen LogP contribution is 2.46. The summed E-state index contributed by atoms with van der Waals surface area (Å²) in [5.41, 5.74) is 5.76. The second-order valence-corrected chi connectivity index (χ2v) is 10.4. The normalized spacial score (nSPS) is 20.0. The highest BCUT2D eigenvalue weighted by Gasteiger charge is 2.42. The van der Waals surface area contributed by atoms with E-state index in [0.717, 1.165) is 45.1 Å². The summed E-state index contributed by atoms with van der Waals surface area (Å²) in [7, 11) is 0. The Bertz CT molecular complexity index is 1140. The van der Waals surface area contributed by atoms with Crippen molar-refractivity contribution in [1.29, 1.82) is 0 Å². The SMILES string of the molecule is CSc1ccc([C@H]2C(C(=O)Nc3ccccc3C)=C(C)NC3=C2C(=O)CC(C)(C)C3)cc1. The lowest BCUT2D eigenvalue weighted by Gasteiger charge is -2.39. The number of rotatable bonds is 4. The number of Topliss-reactive ketones (excluding diaryl/α,β-unsaturated/α-hetero) is 1. The molecule has 1 aliphatic carbocycles. The number of hydrogen-bond donors (Lipinski definition) is 2. The summed E-state index contributed by atoms with van der Waals surface area (Å²) < 4.78 is 0. The molecule has 0 saturated heterocycles. The van der Waals surface area contributed by atoms with Gasteiger partial charge in [-0.3, -0.25) is 9.59 Å². The van der Waals surface area contributed by atoms with Crippen molar-refractivity contribution in [3.8, 4) is 0 Å². The van der Waals surface area contributed by atoms with Gasteiger partial charge in [0.25, 0.3) is 5.91 Å². The Morgan fingerprint density at radius 1 is 1.06 bits per heavy atom. The number of dihydropyridines is 1. The van der Waals surface area contributed by atoms with Gasteiger partial charge in [-0.2, -0.15) is 0 Å². The number of aryl methyl sites for hydroxylation is 1. The van der Waals surface area contributed by atoms with Crippen molar-refractivity contribution >= 4 is 29.1 Å². The molecule has 0 fully saturated rings. The van der Waals surface area contributed by atoms with Gasteiger partial charge in [0.2, 0.25) is 0 Å². The molecule has 0 aromatic heterocycles. The van der Waals surface area contributed by atoms with E-state index >= 15 is 0 Å². The van der Waals surface area contributed by atoms with Gasteiger partial charge in [-0.1, -0.05) is 44.2 Å². The molecule has 2 aromatic carbocycles. The maximum absolute atomic E-state index is 13.6. The zero-order chi connectivity index (χ0) is 23.0. The summed E-state index contributed by atoms with van der Waals surface area (Å²) in [5.74, 6) is -0.432. The number of thioether (sulfide) groups is 1. The van der Waals surface area contributed by atoms with Gasteiger partial charge in [-0.15, -0.1) is 11.8 Å². The van der Waals surface area contributed by atoms with Crippen molar-refractivity contribution in [2.75, 3.05) is 11.6 Å². The standard InChI is InChI=1S/C27H30N2O2S/c1-16-8-6-7-9-20(16)29-26(31)23-17(2)28-21-14-27(3,4)15-22(30)25(21)24(23)18-10-12-19(32-5)13-11-18/h6-13,24,28H,14-15H2,1-5H3,(H,29,31)/t24-/m0/s1. The van der Waals surface area contributed by atoms with E-state index in [0.29, 0.717) is 12.0 Å². The van der Waals surface area contributed by atoms with Gasteiger partial charge in [0.15, 0.2) is 5.78 Å². The van der Waals surface area contributed by atoms with E-state index in [1.54, 1.807) is 11.8 Å². The fraction of sp³-hybridized carbons (Fsp3) is 0.333. The molecule has 5 heteroatoms. The Balaban J connectivity index is 1.81. The highest BCUT2D eigenvalue weighted by molar-refractivity contribution is 7.98. The van der Waals surface area contributed by atoms with Crippen LogP contribution in [0.5, 0.6) is 0 Å². The third-order valence-electron chi connectivity index (χ3n) is 6.33. The van der Waals surface area contributed by atoms with E-state index in [4.69, 9.17) is 0 Å². The predicted octanol–water partition coefficient (Wildman–Crippen LogP) is 5.96. The summed E-state index contributed by atoms with van der Waals surface area (Å²) in [6.07, 6.45) is 3.31. The number of amides is 1. The fourth-order valence-electron chi connectivity index (χ4n) is 4.77. The lowest BCUT2D eigenvalue weighted by molar-refractivity contribution is -0.118.